The summed E-state index contributed by atoms with van der Waals surface area (Å²) in [7, 11) is 1.67. The summed E-state index contributed by atoms with van der Waals surface area (Å²) in [6, 6.07) is 17.2. The fourth-order valence-corrected chi connectivity index (χ4v) is 4.65. The van der Waals surface area contributed by atoms with Gasteiger partial charge in [0, 0.05) is 55.7 Å². The quantitative estimate of drug-likeness (QED) is 0.298. The first kappa shape index (κ1) is 25.4. The number of nitrogens with zero attached hydrogens (tertiary/aromatic N) is 4. The molecule has 38 heavy (non-hydrogen) atoms. The molecule has 3 N–H and O–H groups in total. The lowest BCUT2D eigenvalue weighted by atomic mass is 10.1. The predicted molar refractivity (Wildman–Crippen MR) is 144 cm³/mol. The Morgan fingerprint density at radius 1 is 1.13 bits per heavy atom. The number of benzene rings is 2. The molecule has 5 rings (SSSR count). The lowest BCUT2D eigenvalue weighted by Crippen LogP contribution is -2.46. The third-order valence-corrected chi connectivity index (χ3v) is 6.58. The molecule has 1 aliphatic heterocycles. The summed E-state index contributed by atoms with van der Waals surface area (Å²) in [4.78, 5) is 30.6. The summed E-state index contributed by atoms with van der Waals surface area (Å²) < 4.78 is 7.10. The molecule has 1 fully saturated rings. The first-order valence-electron chi connectivity index (χ1n) is 12.7. The van der Waals surface area contributed by atoms with Gasteiger partial charge < -0.3 is 4.74 Å². The predicted octanol–water partition coefficient (Wildman–Crippen LogP) is 3.59. The minimum absolute atomic E-state index is 0.0658. The lowest BCUT2D eigenvalue weighted by Gasteiger charge is -2.24. The fraction of sp³-hybridized carbons (Fsp3) is 0.286. The van der Waals surface area contributed by atoms with E-state index in [-0.39, 0.29) is 24.3 Å². The van der Waals surface area contributed by atoms with E-state index in [1.54, 1.807) is 25.6 Å². The summed E-state index contributed by atoms with van der Waals surface area (Å²) in [5.41, 5.74) is 6.86. The number of ether oxygens (including phenoxy) is 1. The van der Waals surface area contributed by atoms with Crippen LogP contribution in [0.5, 0.6) is 0 Å². The van der Waals surface area contributed by atoms with Gasteiger partial charge in [0.1, 0.15) is 0 Å². The number of aromatic nitrogens is 4. The number of carbonyl (C=O) groups excluding carboxylic acids is 2. The highest BCUT2D eigenvalue weighted by Gasteiger charge is 2.25. The summed E-state index contributed by atoms with van der Waals surface area (Å²) in [6.07, 6.45) is 8.11. The van der Waals surface area contributed by atoms with Crippen LogP contribution in [0.4, 0.5) is 5.95 Å². The minimum Gasteiger partial charge on any atom is -0.383 e. The number of hydrazine groups is 1. The average molecular weight is 514 g/mol. The first-order valence-corrected chi connectivity index (χ1v) is 12.7. The Bertz CT molecular complexity index is 1370. The van der Waals surface area contributed by atoms with Gasteiger partial charge in [0.2, 0.25) is 11.9 Å². The molecular weight excluding hydrogens is 482 g/mol. The number of aryl methyl sites for hydroxylation is 1. The van der Waals surface area contributed by atoms with E-state index in [9.17, 15) is 9.59 Å². The van der Waals surface area contributed by atoms with Gasteiger partial charge in [-0.15, -0.1) is 0 Å². The number of hydrogen-bond acceptors (Lipinski definition) is 6. The van der Waals surface area contributed by atoms with Crippen LogP contribution < -0.4 is 10.7 Å². The number of nitrogens with one attached hydrogen (secondary N) is 3. The van der Waals surface area contributed by atoms with Crippen LogP contribution in [0.15, 0.2) is 73.2 Å². The molecule has 10 nitrogen and oxygen atoms in total. The third-order valence-electron chi connectivity index (χ3n) is 6.58. The smallest absolute Gasteiger partial charge is 0.258 e. The van der Waals surface area contributed by atoms with Crippen molar-refractivity contribution in [2.45, 2.75) is 31.7 Å². The van der Waals surface area contributed by atoms with Gasteiger partial charge in [-0.25, -0.2) is 9.99 Å². The Labute approximate surface area is 221 Å². The normalized spacial score (nSPS) is 15.4. The summed E-state index contributed by atoms with van der Waals surface area (Å²) in [5.74, 6) is 0.0505. The van der Waals surface area contributed by atoms with Gasteiger partial charge in [0.05, 0.1) is 24.5 Å². The van der Waals surface area contributed by atoms with E-state index in [1.165, 1.54) is 0 Å². The SMILES string of the molecule is COC[C@H]1CCCN1NC(=O)CCc1cn(-c2ccccc2)c(NC(=O)c2cccc(-c3cn[nH]c3)c2)n1. The number of carbonyl (C=O) groups is 2. The van der Waals surface area contributed by atoms with Gasteiger partial charge in [-0.2, -0.15) is 5.10 Å². The molecule has 0 spiro atoms. The Balaban J connectivity index is 1.30. The maximum atomic E-state index is 13.2. The number of amides is 2. The van der Waals surface area contributed by atoms with Crippen LogP contribution in [0.25, 0.3) is 16.8 Å². The number of imidazole rings is 1. The number of aromatic amines is 1. The Morgan fingerprint density at radius 2 is 2.00 bits per heavy atom. The molecule has 0 unspecified atom stereocenters. The molecule has 196 valence electrons. The number of methoxy groups -OCH3 is 1. The van der Waals surface area contributed by atoms with Crippen LogP contribution in [0.1, 0.15) is 35.3 Å². The van der Waals surface area contributed by atoms with Crippen LogP contribution in [-0.2, 0) is 16.0 Å². The van der Waals surface area contributed by atoms with Crippen LogP contribution >= 0.6 is 0 Å². The molecule has 2 amide bonds. The number of hydrogen-bond donors (Lipinski definition) is 3. The van der Waals surface area contributed by atoms with Gasteiger partial charge in [-0.3, -0.25) is 30.0 Å². The largest absolute Gasteiger partial charge is 0.383 e. The molecule has 0 saturated carbocycles. The van der Waals surface area contributed by atoms with E-state index in [0.29, 0.717) is 30.2 Å². The molecule has 3 heterocycles. The maximum absolute atomic E-state index is 13.2. The van der Waals surface area contributed by atoms with Gasteiger partial charge in [-0.1, -0.05) is 30.3 Å². The second-order valence-corrected chi connectivity index (χ2v) is 9.26. The number of H-pyrrole nitrogens is 1. The number of rotatable bonds is 10. The zero-order valence-corrected chi connectivity index (χ0v) is 21.3. The highest BCUT2D eigenvalue weighted by atomic mass is 16.5. The van der Waals surface area contributed by atoms with Crippen molar-refractivity contribution in [2.24, 2.45) is 0 Å². The van der Waals surface area contributed by atoms with Crippen molar-refractivity contribution in [1.82, 2.24) is 30.2 Å². The van der Waals surface area contributed by atoms with Crippen molar-refractivity contribution in [3.05, 3.63) is 84.4 Å². The van der Waals surface area contributed by atoms with Crippen LogP contribution in [0, 0.1) is 0 Å². The molecule has 2 aromatic carbocycles. The maximum Gasteiger partial charge on any atom is 0.258 e. The van der Waals surface area contributed by atoms with E-state index < -0.39 is 0 Å². The van der Waals surface area contributed by atoms with Gasteiger partial charge in [0.25, 0.3) is 5.91 Å². The molecule has 0 bridgehead atoms. The lowest BCUT2D eigenvalue weighted by molar-refractivity contribution is -0.126. The molecule has 1 saturated heterocycles. The highest BCUT2D eigenvalue weighted by molar-refractivity contribution is 6.04. The van der Waals surface area contributed by atoms with Crippen molar-refractivity contribution in [1.29, 1.82) is 0 Å². The van der Waals surface area contributed by atoms with E-state index in [2.05, 4.69) is 25.9 Å². The Morgan fingerprint density at radius 3 is 2.79 bits per heavy atom. The zero-order valence-electron chi connectivity index (χ0n) is 21.3. The van der Waals surface area contributed by atoms with E-state index >= 15 is 0 Å². The van der Waals surface area contributed by atoms with Crippen molar-refractivity contribution < 1.29 is 14.3 Å². The minimum atomic E-state index is -0.277. The van der Waals surface area contributed by atoms with E-state index in [0.717, 1.165) is 36.2 Å². The van der Waals surface area contributed by atoms with Gasteiger partial charge in [-0.05, 0) is 42.7 Å². The monoisotopic (exact) mass is 513 g/mol. The van der Waals surface area contributed by atoms with Gasteiger partial charge in [0.15, 0.2) is 0 Å². The van der Waals surface area contributed by atoms with Crippen LogP contribution in [0.2, 0.25) is 0 Å². The Kier molecular flexibility index (Phi) is 7.91. The molecule has 0 radical (unpaired) electrons. The van der Waals surface area contributed by atoms with Crippen molar-refractivity contribution >= 4 is 17.8 Å². The van der Waals surface area contributed by atoms with E-state index in [4.69, 9.17) is 4.74 Å². The summed E-state index contributed by atoms with van der Waals surface area (Å²) in [5, 5.41) is 11.7. The van der Waals surface area contributed by atoms with Gasteiger partial charge >= 0.3 is 0 Å². The second-order valence-electron chi connectivity index (χ2n) is 9.26. The first-order chi connectivity index (χ1) is 18.6. The van der Waals surface area contributed by atoms with Crippen molar-refractivity contribution in [3.63, 3.8) is 0 Å². The van der Waals surface area contributed by atoms with Crippen LogP contribution in [0.3, 0.4) is 0 Å². The highest BCUT2D eigenvalue weighted by Crippen LogP contribution is 2.22. The number of anilines is 1. The second kappa shape index (κ2) is 11.8. The van der Waals surface area contributed by atoms with Crippen molar-refractivity contribution in [3.8, 4) is 16.8 Å². The van der Waals surface area contributed by atoms with E-state index in [1.807, 2.05) is 64.3 Å². The molecule has 0 aliphatic carbocycles. The summed E-state index contributed by atoms with van der Waals surface area (Å²) in [6.45, 7) is 1.41. The molecular formula is C28H31N7O3. The number of para-hydroxylation sites is 1. The third kappa shape index (κ3) is 5.99. The molecule has 2 aromatic heterocycles. The Hall–Kier alpha value is -4.28. The topological polar surface area (TPSA) is 117 Å². The molecule has 10 heteroatoms. The molecule has 1 atom stereocenters. The molecule has 1 aliphatic rings. The summed E-state index contributed by atoms with van der Waals surface area (Å²) >= 11 is 0. The average Bonchev–Trinajstić information content (AvgIpc) is 3.71. The fourth-order valence-electron chi connectivity index (χ4n) is 4.65. The standard InChI is InChI=1S/C28H31N7O3/c1-38-19-25-11-6-14-35(25)33-26(36)13-12-23-18-34(24-9-3-2-4-10-24)28(31-23)32-27(37)21-8-5-7-20(15-21)22-16-29-30-17-22/h2-5,7-10,15-18,25H,6,11-14,19H2,1H3,(H,29,30)(H,33,36)(H,31,32,37)/t25-/m1/s1. The zero-order chi connectivity index (χ0) is 26.3. The van der Waals surface area contributed by atoms with Crippen molar-refractivity contribution in [2.75, 3.05) is 25.6 Å². The van der Waals surface area contributed by atoms with Crippen LogP contribution in [-0.4, -0.2) is 62.9 Å². The molecule has 4 aromatic rings.